The number of hydrogen-bond donors (Lipinski definition) is 0. The average Bonchev–Trinajstić information content (AvgIpc) is 2.95. The van der Waals surface area contributed by atoms with E-state index in [4.69, 9.17) is 23.8 Å². The minimum absolute atomic E-state index is 0.0492. The largest absolute Gasteiger partial charge is 0.539 e. The highest BCUT2D eigenvalue weighted by atomic mass is 19.1. The van der Waals surface area contributed by atoms with E-state index < -0.39 is 12.2 Å². The summed E-state index contributed by atoms with van der Waals surface area (Å²) in [5, 5.41) is 0.772. The van der Waals surface area contributed by atoms with Gasteiger partial charge in [-0.25, -0.2) is 14.0 Å². The van der Waals surface area contributed by atoms with Crippen molar-refractivity contribution in [1.82, 2.24) is 5.06 Å². The minimum Gasteiger partial charge on any atom is -0.491 e. The van der Waals surface area contributed by atoms with Gasteiger partial charge in [-0.3, -0.25) is 4.84 Å². The van der Waals surface area contributed by atoms with Gasteiger partial charge in [0.05, 0.1) is 12.6 Å². The van der Waals surface area contributed by atoms with Crippen LogP contribution in [0.15, 0.2) is 84.9 Å². The molecule has 202 valence electrons. The number of hydrogen-bond acceptors (Lipinski definition) is 7. The predicted octanol–water partition coefficient (Wildman–Crippen LogP) is 6.17. The Kier molecular flexibility index (Phi) is 10.2. The van der Waals surface area contributed by atoms with Gasteiger partial charge in [0, 0.05) is 6.42 Å². The summed E-state index contributed by atoms with van der Waals surface area (Å²) in [4.78, 5) is 30.1. The van der Waals surface area contributed by atoms with Crippen LogP contribution in [0.25, 0.3) is 0 Å². The molecule has 2 atom stereocenters. The van der Waals surface area contributed by atoms with Crippen LogP contribution in [-0.4, -0.2) is 42.7 Å². The highest BCUT2D eigenvalue weighted by molar-refractivity contribution is 5.72. The van der Waals surface area contributed by atoms with Gasteiger partial charge < -0.3 is 18.9 Å². The van der Waals surface area contributed by atoms with Gasteiger partial charge in [0.15, 0.2) is 0 Å². The number of para-hydroxylation sites is 2. The van der Waals surface area contributed by atoms with E-state index in [9.17, 15) is 14.0 Å². The maximum Gasteiger partial charge on any atom is 0.539 e. The van der Waals surface area contributed by atoms with Crippen molar-refractivity contribution in [2.24, 2.45) is 0 Å². The molecule has 0 saturated carbocycles. The lowest BCUT2D eigenvalue weighted by molar-refractivity contribution is -0.0880. The van der Waals surface area contributed by atoms with Crippen molar-refractivity contribution >= 4 is 12.2 Å². The van der Waals surface area contributed by atoms with E-state index in [1.54, 1.807) is 72.8 Å². The van der Waals surface area contributed by atoms with E-state index in [2.05, 4.69) is 11.8 Å². The molecule has 39 heavy (non-hydrogen) atoms. The van der Waals surface area contributed by atoms with Crippen molar-refractivity contribution in [3.8, 4) is 29.1 Å². The smallest absolute Gasteiger partial charge is 0.491 e. The lowest BCUT2D eigenvalue weighted by Crippen LogP contribution is -2.37. The topological polar surface area (TPSA) is 83.5 Å². The van der Waals surface area contributed by atoms with Crippen molar-refractivity contribution in [2.45, 2.75) is 37.9 Å². The second-order valence-electron chi connectivity index (χ2n) is 8.55. The molecule has 0 N–H and O–H groups in total. The Hall–Kier alpha value is -4.55. The summed E-state index contributed by atoms with van der Waals surface area (Å²) in [6.07, 6.45) is 0.291. The number of carbonyl (C=O) groups excluding carboxylic acids is 2. The van der Waals surface area contributed by atoms with Gasteiger partial charge >= 0.3 is 12.2 Å². The summed E-state index contributed by atoms with van der Waals surface area (Å²) in [6.45, 7) is 0.284. The summed E-state index contributed by atoms with van der Waals surface area (Å²) in [6, 6.07) is 22.6. The lowest BCUT2D eigenvalue weighted by Gasteiger charge is -2.27. The maximum absolute atomic E-state index is 13.1. The van der Waals surface area contributed by atoms with E-state index in [0.717, 1.165) is 24.3 Å². The third-order valence-corrected chi connectivity index (χ3v) is 5.58. The molecule has 3 aromatic rings. The van der Waals surface area contributed by atoms with Gasteiger partial charge in [-0.15, -0.1) is 5.06 Å². The number of ether oxygens (including phenoxy) is 4. The van der Waals surface area contributed by atoms with Gasteiger partial charge in [-0.2, -0.15) is 0 Å². The van der Waals surface area contributed by atoms with Crippen LogP contribution in [0.2, 0.25) is 0 Å². The second-order valence-corrected chi connectivity index (χ2v) is 8.55. The number of amides is 1. The highest BCUT2D eigenvalue weighted by Crippen LogP contribution is 2.20. The van der Waals surface area contributed by atoms with Crippen LogP contribution >= 0.6 is 0 Å². The fourth-order valence-corrected chi connectivity index (χ4v) is 3.70. The quantitative estimate of drug-likeness (QED) is 0.156. The highest BCUT2D eigenvalue weighted by Gasteiger charge is 2.23. The Morgan fingerprint density at radius 2 is 1.54 bits per heavy atom. The number of carbonyl (C=O) groups is 2. The SMILES string of the molecule is O=C(Oc1ccccc1)ON(CCC#C[C@@H]1CCC[C@@H](COc2ccc(F)cc2)O1)C(=O)Oc1ccccc1. The Morgan fingerprint density at radius 3 is 2.23 bits per heavy atom. The predicted molar refractivity (Wildman–Crippen MR) is 140 cm³/mol. The molecule has 0 radical (unpaired) electrons. The lowest BCUT2D eigenvalue weighted by atomic mass is 10.0. The summed E-state index contributed by atoms with van der Waals surface area (Å²) in [5.74, 6) is 6.87. The number of hydroxylamine groups is 2. The van der Waals surface area contributed by atoms with Crippen LogP contribution in [0.3, 0.4) is 0 Å². The molecule has 1 saturated heterocycles. The molecular weight excluding hydrogens is 505 g/mol. The number of nitrogens with zero attached hydrogens (tertiary/aromatic N) is 1. The van der Waals surface area contributed by atoms with Crippen LogP contribution in [0.1, 0.15) is 25.7 Å². The molecule has 0 aromatic heterocycles. The van der Waals surface area contributed by atoms with Crippen molar-refractivity contribution in [3.63, 3.8) is 0 Å². The molecule has 1 heterocycles. The minimum atomic E-state index is -1.08. The first-order valence-electron chi connectivity index (χ1n) is 12.6. The summed E-state index contributed by atoms with van der Waals surface area (Å²) < 4.78 is 35.2. The summed E-state index contributed by atoms with van der Waals surface area (Å²) in [7, 11) is 0. The van der Waals surface area contributed by atoms with Crippen molar-refractivity contribution in [3.05, 3.63) is 90.7 Å². The first-order chi connectivity index (χ1) is 19.0. The molecule has 0 spiro atoms. The van der Waals surface area contributed by atoms with E-state index >= 15 is 0 Å². The van der Waals surface area contributed by atoms with E-state index in [-0.39, 0.29) is 36.7 Å². The van der Waals surface area contributed by atoms with E-state index in [0.29, 0.717) is 18.1 Å². The van der Waals surface area contributed by atoms with Gasteiger partial charge in [0.25, 0.3) is 0 Å². The van der Waals surface area contributed by atoms with Crippen LogP contribution in [0.4, 0.5) is 14.0 Å². The molecule has 1 aliphatic heterocycles. The zero-order valence-corrected chi connectivity index (χ0v) is 21.2. The summed E-state index contributed by atoms with van der Waals surface area (Å²) in [5.41, 5.74) is 0. The molecule has 0 unspecified atom stereocenters. The first kappa shape index (κ1) is 27.5. The fraction of sp³-hybridized carbons (Fsp3) is 0.267. The monoisotopic (exact) mass is 533 g/mol. The second kappa shape index (κ2) is 14.4. The summed E-state index contributed by atoms with van der Waals surface area (Å²) >= 11 is 0. The molecule has 1 amide bonds. The van der Waals surface area contributed by atoms with Crippen LogP contribution < -0.4 is 14.2 Å². The Balaban J connectivity index is 1.29. The number of benzene rings is 3. The normalized spacial score (nSPS) is 16.2. The van der Waals surface area contributed by atoms with Crippen LogP contribution in [0, 0.1) is 17.7 Å². The van der Waals surface area contributed by atoms with Gasteiger partial charge in [-0.05, 0) is 67.8 Å². The molecule has 0 bridgehead atoms. The number of halogens is 1. The van der Waals surface area contributed by atoms with Crippen molar-refractivity contribution < 1.29 is 37.8 Å². The molecule has 3 aromatic carbocycles. The standard InChI is InChI=1S/C30H28FNO7/c31-23-17-19-24(20-18-23)35-22-28-16-9-15-25(36-28)14-7-8-21-32(29(33)37-26-10-3-1-4-11-26)39-30(34)38-27-12-5-2-6-13-27/h1-6,10-13,17-20,25,28H,8-9,15-16,21-22H2/t25-,28+/m1/s1. The van der Waals surface area contributed by atoms with Gasteiger partial charge in [0.2, 0.25) is 0 Å². The maximum atomic E-state index is 13.1. The third-order valence-electron chi connectivity index (χ3n) is 5.58. The molecule has 1 fully saturated rings. The van der Waals surface area contributed by atoms with Crippen molar-refractivity contribution in [2.75, 3.05) is 13.2 Å². The Bertz CT molecular complexity index is 1260. The molecule has 1 aliphatic rings. The molecule has 8 nitrogen and oxygen atoms in total. The zero-order chi connectivity index (χ0) is 27.3. The molecule has 9 heteroatoms. The number of rotatable bonds is 7. The van der Waals surface area contributed by atoms with Gasteiger partial charge in [0.1, 0.15) is 35.8 Å². The average molecular weight is 534 g/mol. The molecular formula is C30H28FNO7. The van der Waals surface area contributed by atoms with Crippen LogP contribution in [-0.2, 0) is 9.57 Å². The van der Waals surface area contributed by atoms with Crippen molar-refractivity contribution in [1.29, 1.82) is 0 Å². The van der Waals surface area contributed by atoms with Crippen LogP contribution in [0.5, 0.6) is 17.2 Å². The van der Waals surface area contributed by atoms with E-state index in [1.165, 1.54) is 12.1 Å². The third kappa shape index (κ3) is 9.36. The molecule has 4 rings (SSSR count). The zero-order valence-electron chi connectivity index (χ0n) is 21.2. The Labute approximate surface area is 226 Å². The Morgan fingerprint density at radius 1 is 0.872 bits per heavy atom. The van der Waals surface area contributed by atoms with Gasteiger partial charge in [-0.1, -0.05) is 48.2 Å². The molecule has 0 aliphatic carbocycles. The fourth-order valence-electron chi connectivity index (χ4n) is 3.70. The van der Waals surface area contributed by atoms with E-state index in [1.807, 2.05) is 0 Å². The first-order valence-corrected chi connectivity index (χ1v) is 12.6.